The molecule has 0 aliphatic rings. The third kappa shape index (κ3) is 3.91. The molecular weight excluding hydrogens is 232 g/mol. The van der Waals surface area contributed by atoms with Gasteiger partial charge in [-0.3, -0.25) is 4.79 Å². The molecule has 0 unspecified atom stereocenters. The number of nitrogens with one attached hydrogen (secondary N) is 2. The molecule has 0 aliphatic heterocycles. The fraction of sp³-hybridized carbons (Fsp3) is 0.444. The molecule has 1 heterocycles. The Hall–Kier alpha value is -1.83. The van der Waals surface area contributed by atoms with E-state index >= 15 is 0 Å². The van der Waals surface area contributed by atoms with E-state index in [-0.39, 0.29) is 11.5 Å². The lowest BCUT2D eigenvalue weighted by molar-refractivity contribution is 0.0253. The second kappa shape index (κ2) is 5.48. The summed E-state index contributed by atoms with van der Waals surface area (Å²) in [5, 5.41) is 11.9. The number of aromatic nitrogens is 2. The number of rotatable bonds is 5. The summed E-state index contributed by atoms with van der Waals surface area (Å²) in [4.78, 5) is 11.1. The maximum absolute atomic E-state index is 12.8. The summed E-state index contributed by atoms with van der Waals surface area (Å²) in [6, 6.07) is 2.78. The van der Waals surface area contributed by atoms with Crippen molar-refractivity contribution in [1.29, 1.82) is 0 Å². The molecule has 0 fully saturated rings. The minimum Gasteiger partial charge on any atom is -0.362 e. The summed E-state index contributed by atoms with van der Waals surface area (Å²) in [6.07, 6.45) is 0. The van der Waals surface area contributed by atoms with Crippen LogP contribution in [0.1, 0.15) is 10.5 Å². The Bertz CT molecular complexity index is 381. The van der Waals surface area contributed by atoms with Gasteiger partial charge in [0.25, 0.3) is 11.8 Å². The lowest BCUT2D eigenvalue weighted by Gasteiger charge is -2.14. The predicted octanol–water partition coefficient (Wildman–Crippen LogP) is -0.158. The average molecular weight is 245 g/mol. The predicted molar refractivity (Wildman–Crippen MR) is 57.9 cm³/mol. The zero-order valence-electron chi connectivity index (χ0n) is 9.20. The van der Waals surface area contributed by atoms with Crippen LogP contribution in [0.25, 0.3) is 0 Å². The molecule has 0 bridgehead atoms. The molecule has 17 heavy (non-hydrogen) atoms. The molecule has 0 saturated carbocycles. The van der Waals surface area contributed by atoms with E-state index in [1.165, 1.54) is 19.2 Å². The monoisotopic (exact) mass is 245 g/mol. The van der Waals surface area contributed by atoms with Crippen molar-refractivity contribution in [2.24, 2.45) is 5.73 Å². The number of hydrogen-bond donors (Lipinski definition) is 3. The van der Waals surface area contributed by atoms with E-state index in [0.717, 1.165) is 0 Å². The maximum atomic E-state index is 12.8. The number of carbonyl (C=O) groups is 1. The van der Waals surface area contributed by atoms with Crippen LogP contribution in [0.15, 0.2) is 12.1 Å². The molecule has 0 spiro atoms. The Balaban J connectivity index is 2.60. The number of nitrogens with zero attached hydrogens (tertiary/aromatic N) is 2. The molecule has 94 valence electrons. The topological polar surface area (TPSA) is 92.9 Å². The molecule has 1 aromatic rings. The lowest BCUT2D eigenvalue weighted by atomic mass is 10.3. The van der Waals surface area contributed by atoms with Gasteiger partial charge in [0.05, 0.1) is 13.1 Å². The zero-order chi connectivity index (χ0) is 12.9. The molecular formula is C9H13F2N5O. The second-order valence-corrected chi connectivity index (χ2v) is 3.30. The first-order valence-corrected chi connectivity index (χ1v) is 4.86. The number of anilines is 1. The first-order valence-electron chi connectivity index (χ1n) is 4.86. The smallest absolute Gasteiger partial charge is 0.276 e. The molecule has 0 radical (unpaired) electrons. The first kappa shape index (κ1) is 13.2. The fourth-order valence-corrected chi connectivity index (χ4v) is 0.968. The Morgan fingerprint density at radius 2 is 2.18 bits per heavy atom. The average Bonchev–Trinajstić information content (AvgIpc) is 2.36. The number of halogens is 2. The molecule has 0 aromatic carbocycles. The van der Waals surface area contributed by atoms with Crippen LogP contribution in [0.5, 0.6) is 0 Å². The minimum absolute atomic E-state index is 0.114. The van der Waals surface area contributed by atoms with E-state index in [0.29, 0.717) is 0 Å². The van der Waals surface area contributed by atoms with Crippen LogP contribution in [-0.2, 0) is 0 Å². The van der Waals surface area contributed by atoms with E-state index in [4.69, 9.17) is 5.73 Å². The quantitative estimate of drug-likeness (QED) is 0.670. The van der Waals surface area contributed by atoms with Crippen LogP contribution < -0.4 is 16.4 Å². The van der Waals surface area contributed by atoms with E-state index in [9.17, 15) is 13.6 Å². The lowest BCUT2D eigenvalue weighted by Crippen LogP contribution is -2.35. The molecule has 4 N–H and O–H groups in total. The zero-order valence-corrected chi connectivity index (χ0v) is 9.20. The number of hydrogen-bond acceptors (Lipinski definition) is 5. The fourth-order valence-electron chi connectivity index (χ4n) is 0.968. The van der Waals surface area contributed by atoms with E-state index < -0.39 is 24.9 Å². The minimum atomic E-state index is -3.00. The van der Waals surface area contributed by atoms with Gasteiger partial charge in [0, 0.05) is 7.05 Å². The van der Waals surface area contributed by atoms with Crippen LogP contribution in [0.2, 0.25) is 0 Å². The highest BCUT2D eigenvalue weighted by Crippen LogP contribution is 2.12. The highest BCUT2D eigenvalue weighted by molar-refractivity contribution is 5.91. The second-order valence-electron chi connectivity index (χ2n) is 3.30. The summed E-state index contributed by atoms with van der Waals surface area (Å²) < 4.78 is 25.6. The van der Waals surface area contributed by atoms with Gasteiger partial charge in [-0.1, -0.05) is 0 Å². The van der Waals surface area contributed by atoms with Gasteiger partial charge in [0.2, 0.25) is 0 Å². The third-order valence-electron chi connectivity index (χ3n) is 1.95. The molecule has 1 rings (SSSR count). The van der Waals surface area contributed by atoms with Crippen LogP contribution in [0.3, 0.4) is 0 Å². The van der Waals surface area contributed by atoms with Crippen molar-refractivity contribution in [2.75, 3.05) is 25.5 Å². The maximum Gasteiger partial charge on any atom is 0.276 e. The number of nitrogens with two attached hydrogens (primary N) is 1. The van der Waals surface area contributed by atoms with E-state index in [1.54, 1.807) is 0 Å². The Morgan fingerprint density at radius 3 is 2.65 bits per heavy atom. The van der Waals surface area contributed by atoms with Crippen molar-refractivity contribution in [1.82, 2.24) is 15.5 Å². The van der Waals surface area contributed by atoms with Crippen molar-refractivity contribution in [3.05, 3.63) is 17.8 Å². The summed E-state index contributed by atoms with van der Waals surface area (Å²) in [7, 11) is 1.46. The van der Waals surface area contributed by atoms with Crippen molar-refractivity contribution in [3.63, 3.8) is 0 Å². The van der Waals surface area contributed by atoms with E-state index in [1.807, 2.05) is 0 Å². The molecule has 0 saturated heterocycles. The summed E-state index contributed by atoms with van der Waals surface area (Å²) in [6.45, 7) is -1.37. The largest absolute Gasteiger partial charge is 0.362 e. The van der Waals surface area contributed by atoms with Crippen molar-refractivity contribution >= 4 is 11.7 Å². The Kier molecular flexibility index (Phi) is 4.27. The van der Waals surface area contributed by atoms with E-state index in [2.05, 4.69) is 20.8 Å². The van der Waals surface area contributed by atoms with Crippen LogP contribution >= 0.6 is 0 Å². The van der Waals surface area contributed by atoms with Gasteiger partial charge >= 0.3 is 0 Å². The SMILES string of the molecule is CNC(=O)c1ccc(NCC(F)(F)CN)nn1. The van der Waals surface area contributed by atoms with Crippen molar-refractivity contribution in [2.45, 2.75) is 5.92 Å². The van der Waals surface area contributed by atoms with Gasteiger partial charge in [-0.05, 0) is 12.1 Å². The number of amides is 1. The third-order valence-corrected chi connectivity index (χ3v) is 1.95. The molecule has 8 heteroatoms. The highest BCUT2D eigenvalue weighted by atomic mass is 19.3. The Morgan fingerprint density at radius 1 is 1.47 bits per heavy atom. The van der Waals surface area contributed by atoms with Gasteiger partial charge < -0.3 is 16.4 Å². The van der Waals surface area contributed by atoms with Gasteiger partial charge in [0.1, 0.15) is 5.82 Å². The first-order chi connectivity index (χ1) is 7.98. The van der Waals surface area contributed by atoms with Gasteiger partial charge in [-0.25, -0.2) is 8.78 Å². The van der Waals surface area contributed by atoms with Crippen LogP contribution in [-0.4, -0.2) is 42.2 Å². The summed E-state index contributed by atoms with van der Waals surface area (Å²) >= 11 is 0. The molecule has 0 atom stereocenters. The van der Waals surface area contributed by atoms with Gasteiger partial charge in [-0.15, -0.1) is 10.2 Å². The molecule has 0 aliphatic carbocycles. The summed E-state index contributed by atoms with van der Waals surface area (Å²) in [5.74, 6) is -3.23. The number of carbonyl (C=O) groups excluding carboxylic acids is 1. The molecule has 1 aromatic heterocycles. The van der Waals surface area contributed by atoms with Crippen LogP contribution in [0, 0.1) is 0 Å². The highest BCUT2D eigenvalue weighted by Gasteiger charge is 2.26. The molecule has 1 amide bonds. The van der Waals surface area contributed by atoms with Gasteiger partial charge in [0.15, 0.2) is 5.69 Å². The Labute approximate surface area is 96.6 Å². The standard InChI is InChI=1S/C9H13F2N5O/c1-13-8(17)6-2-3-7(16-15-6)14-5-9(10,11)4-12/h2-3H,4-5,12H2,1H3,(H,13,17)(H,14,16). The number of alkyl halides is 2. The van der Waals surface area contributed by atoms with Crippen LogP contribution in [0.4, 0.5) is 14.6 Å². The van der Waals surface area contributed by atoms with Gasteiger partial charge in [-0.2, -0.15) is 0 Å². The van der Waals surface area contributed by atoms with Crippen molar-refractivity contribution in [3.8, 4) is 0 Å². The van der Waals surface area contributed by atoms with Crippen molar-refractivity contribution < 1.29 is 13.6 Å². The normalized spacial score (nSPS) is 11.1. The summed E-state index contributed by atoms with van der Waals surface area (Å²) in [5.41, 5.74) is 4.99. The molecule has 6 nitrogen and oxygen atoms in total.